The third-order valence-corrected chi connectivity index (χ3v) is 7.65. The molecular formula is C28H31F5N2O3. The van der Waals surface area contributed by atoms with Gasteiger partial charge in [0.2, 0.25) is 5.91 Å². The number of halogens is 5. The van der Waals surface area contributed by atoms with Gasteiger partial charge >= 0.3 is 6.18 Å². The lowest BCUT2D eigenvalue weighted by Gasteiger charge is -2.43. The van der Waals surface area contributed by atoms with Gasteiger partial charge in [0.15, 0.2) is 11.6 Å². The lowest BCUT2D eigenvalue weighted by atomic mass is 9.84. The normalized spacial score (nSPS) is 20.1. The van der Waals surface area contributed by atoms with Crippen LogP contribution >= 0.6 is 0 Å². The van der Waals surface area contributed by atoms with Gasteiger partial charge in [-0.15, -0.1) is 0 Å². The maximum Gasteiger partial charge on any atom is 0.416 e. The van der Waals surface area contributed by atoms with Gasteiger partial charge < -0.3 is 20.0 Å². The number of nitrogens with zero attached hydrogens (tertiary/aromatic N) is 2. The second-order valence-electron chi connectivity index (χ2n) is 10.1. The molecule has 1 unspecified atom stereocenters. The monoisotopic (exact) mass is 538 g/mol. The Morgan fingerprint density at radius 3 is 2.21 bits per heavy atom. The minimum Gasteiger partial charge on any atom is -0.389 e. The highest BCUT2D eigenvalue weighted by molar-refractivity contribution is 5.91. The van der Waals surface area contributed by atoms with E-state index in [2.05, 4.69) is 0 Å². The van der Waals surface area contributed by atoms with Crippen LogP contribution in [0.25, 0.3) is 6.08 Å². The zero-order valence-electron chi connectivity index (χ0n) is 20.8. The molecular weight excluding hydrogens is 507 g/mol. The van der Waals surface area contributed by atoms with Gasteiger partial charge in [-0.3, -0.25) is 4.79 Å². The summed E-state index contributed by atoms with van der Waals surface area (Å²) in [6.45, 7) is 2.05. The van der Waals surface area contributed by atoms with E-state index in [-0.39, 0.29) is 44.3 Å². The Balaban J connectivity index is 1.23. The van der Waals surface area contributed by atoms with Crippen LogP contribution < -0.4 is 0 Å². The van der Waals surface area contributed by atoms with E-state index >= 15 is 0 Å². The molecule has 4 rings (SSSR count). The summed E-state index contributed by atoms with van der Waals surface area (Å²) in [5.74, 6) is -2.15. The summed E-state index contributed by atoms with van der Waals surface area (Å²) in [7, 11) is 0. The summed E-state index contributed by atoms with van der Waals surface area (Å²) in [6, 6.07) is 8.62. The second kappa shape index (κ2) is 11.5. The molecule has 0 saturated carbocycles. The maximum atomic E-state index is 13.3. The number of carbonyl (C=O) groups is 1. The van der Waals surface area contributed by atoms with Gasteiger partial charge in [-0.1, -0.05) is 18.2 Å². The van der Waals surface area contributed by atoms with Crippen molar-refractivity contribution in [3.8, 4) is 0 Å². The summed E-state index contributed by atoms with van der Waals surface area (Å²) < 4.78 is 64.8. The zero-order valence-corrected chi connectivity index (χ0v) is 20.8. The number of hydrogen-bond donors (Lipinski definition) is 2. The van der Waals surface area contributed by atoms with E-state index in [4.69, 9.17) is 0 Å². The van der Waals surface area contributed by atoms with Crippen LogP contribution in [0.1, 0.15) is 48.3 Å². The van der Waals surface area contributed by atoms with Gasteiger partial charge in [0.1, 0.15) is 0 Å². The topological polar surface area (TPSA) is 64.0 Å². The molecule has 0 radical (unpaired) electrons. The van der Waals surface area contributed by atoms with E-state index in [9.17, 15) is 37.0 Å². The smallest absolute Gasteiger partial charge is 0.389 e. The highest BCUT2D eigenvalue weighted by atomic mass is 19.4. The SMILES string of the molecule is O=C(C=Cc1ccc(F)c(F)c1)N1CCC(O)(C(O)CN2CCC(c3ccc(C(F)(F)F)cc3)CC2)CC1. The number of likely N-dealkylation sites (tertiary alicyclic amines) is 2. The molecule has 5 nitrogen and oxygen atoms in total. The number of hydrogen-bond acceptors (Lipinski definition) is 4. The molecule has 10 heteroatoms. The number of β-amino-alcohol motifs (C(OH)–C–C–N with tert-alkyl or cyclic N) is 1. The molecule has 2 heterocycles. The van der Waals surface area contributed by atoms with Gasteiger partial charge in [0, 0.05) is 25.7 Å². The highest BCUT2D eigenvalue weighted by Crippen LogP contribution is 2.34. The minimum absolute atomic E-state index is 0.141. The van der Waals surface area contributed by atoms with Gasteiger partial charge in [-0.25, -0.2) is 8.78 Å². The second-order valence-corrected chi connectivity index (χ2v) is 10.1. The van der Waals surface area contributed by atoms with Crippen LogP contribution in [0.2, 0.25) is 0 Å². The van der Waals surface area contributed by atoms with Crippen molar-refractivity contribution in [2.45, 2.75) is 49.5 Å². The van der Waals surface area contributed by atoms with Crippen molar-refractivity contribution in [1.82, 2.24) is 9.80 Å². The Morgan fingerprint density at radius 1 is 1.00 bits per heavy atom. The molecule has 0 aliphatic carbocycles. The summed E-state index contributed by atoms with van der Waals surface area (Å²) in [5.41, 5.74) is -0.789. The molecule has 2 aliphatic heterocycles. The molecule has 2 fully saturated rings. The number of benzene rings is 2. The Hall–Kier alpha value is -2.82. The van der Waals surface area contributed by atoms with Gasteiger partial charge in [-0.2, -0.15) is 13.2 Å². The molecule has 38 heavy (non-hydrogen) atoms. The molecule has 2 saturated heterocycles. The van der Waals surface area contributed by atoms with E-state index in [0.717, 1.165) is 42.7 Å². The zero-order chi connectivity index (χ0) is 27.5. The lowest BCUT2D eigenvalue weighted by Crippen LogP contribution is -2.56. The number of aliphatic hydroxyl groups is 2. The van der Waals surface area contributed by atoms with Crippen molar-refractivity contribution in [2.75, 3.05) is 32.7 Å². The van der Waals surface area contributed by atoms with Crippen LogP contribution in [0.3, 0.4) is 0 Å². The van der Waals surface area contributed by atoms with E-state index in [1.165, 1.54) is 35.3 Å². The third-order valence-electron chi connectivity index (χ3n) is 7.65. The largest absolute Gasteiger partial charge is 0.416 e. The number of piperidine rings is 2. The molecule has 0 bridgehead atoms. The van der Waals surface area contributed by atoms with E-state index in [1.807, 2.05) is 4.90 Å². The van der Waals surface area contributed by atoms with Crippen LogP contribution in [0.5, 0.6) is 0 Å². The first kappa shape index (κ1) is 28.2. The fourth-order valence-corrected chi connectivity index (χ4v) is 5.14. The number of rotatable bonds is 6. The Bertz CT molecular complexity index is 1140. The summed E-state index contributed by atoms with van der Waals surface area (Å²) in [6.07, 6.45) is -0.833. The fourth-order valence-electron chi connectivity index (χ4n) is 5.14. The molecule has 2 aromatic rings. The van der Waals surface area contributed by atoms with Crippen molar-refractivity contribution in [3.05, 3.63) is 76.9 Å². The molecule has 0 spiro atoms. The van der Waals surface area contributed by atoms with Crippen LogP contribution in [0.15, 0.2) is 48.5 Å². The van der Waals surface area contributed by atoms with E-state index in [0.29, 0.717) is 18.7 Å². The molecule has 2 aromatic carbocycles. The summed E-state index contributed by atoms with van der Waals surface area (Å²) >= 11 is 0. The predicted molar refractivity (Wildman–Crippen MR) is 132 cm³/mol. The molecule has 2 aliphatic rings. The van der Waals surface area contributed by atoms with Crippen molar-refractivity contribution >= 4 is 12.0 Å². The first-order valence-electron chi connectivity index (χ1n) is 12.7. The number of carbonyl (C=O) groups excluding carboxylic acids is 1. The molecule has 206 valence electrons. The summed E-state index contributed by atoms with van der Waals surface area (Å²) in [5, 5.41) is 21.9. The maximum absolute atomic E-state index is 13.3. The molecule has 2 N–H and O–H groups in total. The van der Waals surface area contributed by atoms with E-state index in [1.54, 1.807) is 0 Å². The Labute approximate surface area is 218 Å². The van der Waals surface area contributed by atoms with Crippen LogP contribution in [-0.2, 0) is 11.0 Å². The molecule has 1 amide bonds. The highest BCUT2D eigenvalue weighted by Gasteiger charge is 2.40. The average molecular weight is 539 g/mol. The van der Waals surface area contributed by atoms with Gasteiger partial charge in [-0.05, 0) is 86.2 Å². The number of amides is 1. The number of alkyl halides is 3. The average Bonchev–Trinajstić information content (AvgIpc) is 2.89. The van der Waals surface area contributed by atoms with Crippen molar-refractivity contribution in [1.29, 1.82) is 0 Å². The quantitative estimate of drug-likeness (QED) is 0.417. The minimum atomic E-state index is -4.36. The van der Waals surface area contributed by atoms with Crippen LogP contribution in [-0.4, -0.2) is 70.3 Å². The standard InChI is InChI=1S/C28H31F5N2O3/c29-23-7-1-19(17-24(23)30)2-8-26(37)35-15-11-27(38,12-16-35)25(36)18-34-13-9-21(10-14-34)20-3-5-22(6-4-20)28(31,32)33/h1-8,17,21,25,36,38H,9-16,18H2. The molecule has 1 atom stereocenters. The third kappa shape index (κ3) is 6.78. The first-order valence-corrected chi connectivity index (χ1v) is 12.7. The predicted octanol–water partition coefficient (Wildman–Crippen LogP) is 4.59. The summed E-state index contributed by atoms with van der Waals surface area (Å²) in [4.78, 5) is 16.1. The van der Waals surface area contributed by atoms with E-state index < -0.39 is 35.1 Å². The first-order chi connectivity index (χ1) is 17.9. The Kier molecular flexibility index (Phi) is 8.54. The van der Waals surface area contributed by atoms with Gasteiger partial charge in [0.05, 0.1) is 17.3 Å². The Morgan fingerprint density at radius 2 is 1.63 bits per heavy atom. The van der Waals surface area contributed by atoms with Crippen molar-refractivity contribution in [3.63, 3.8) is 0 Å². The lowest BCUT2D eigenvalue weighted by molar-refractivity contribution is -0.140. The van der Waals surface area contributed by atoms with Gasteiger partial charge in [0.25, 0.3) is 0 Å². The van der Waals surface area contributed by atoms with Crippen molar-refractivity contribution < 1.29 is 37.0 Å². The van der Waals surface area contributed by atoms with Crippen LogP contribution in [0.4, 0.5) is 22.0 Å². The molecule has 0 aromatic heterocycles. The van der Waals surface area contributed by atoms with Crippen LogP contribution in [0, 0.1) is 11.6 Å². The number of aliphatic hydroxyl groups excluding tert-OH is 1. The van der Waals surface area contributed by atoms with Crippen molar-refractivity contribution in [2.24, 2.45) is 0 Å². The fraction of sp³-hybridized carbons (Fsp3) is 0.464.